The number of rotatable bonds is 4. The van der Waals surface area contributed by atoms with Crippen LogP contribution in [0.2, 0.25) is 0 Å². The van der Waals surface area contributed by atoms with Gasteiger partial charge in [-0.3, -0.25) is 0 Å². The molecule has 1 aliphatic rings. The van der Waals surface area contributed by atoms with Crippen LogP contribution in [0.5, 0.6) is 0 Å². The van der Waals surface area contributed by atoms with E-state index in [1.165, 1.54) is 10.4 Å². The summed E-state index contributed by atoms with van der Waals surface area (Å²) in [4.78, 5) is 11.4. The van der Waals surface area contributed by atoms with Crippen LogP contribution in [0, 0.1) is 5.92 Å². The number of hydrogen-bond acceptors (Lipinski definition) is 6. The third-order valence-corrected chi connectivity index (χ3v) is 5.91. The molecule has 4 nitrogen and oxygen atoms in total. The van der Waals surface area contributed by atoms with E-state index in [4.69, 9.17) is 10.5 Å². The summed E-state index contributed by atoms with van der Waals surface area (Å²) in [5, 5.41) is 1.85. The normalized spacial score (nSPS) is 18.4. The molecular formula is C15H21N3OS2. The summed E-state index contributed by atoms with van der Waals surface area (Å²) in [6.45, 7) is 7.23. The fraction of sp³-hybridized carbons (Fsp3) is 0.600. The molecule has 21 heavy (non-hydrogen) atoms. The minimum Gasteiger partial charge on any atom is -0.383 e. The van der Waals surface area contributed by atoms with E-state index in [1.54, 1.807) is 23.1 Å². The molecule has 0 aliphatic carbocycles. The molecule has 6 heteroatoms. The molecule has 2 aromatic rings. The Kier molecular flexibility index (Phi) is 4.38. The van der Waals surface area contributed by atoms with Crippen LogP contribution in [0.15, 0.2) is 5.16 Å². The van der Waals surface area contributed by atoms with Crippen molar-refractivity contribution in [3.05, 3.63) is 10.4 Å². The van der Waals surface area contributed by atoms with E-state index in [0.29, 0.717) is 18.3 Å². The number of thiophene rings is 1. The van der Waals surface area contributed by atoms with Crippen molar-refractivity contribution < 1.29 is 4.74 Å². The molecule has 114 valence electrons. The van der Waals surface area contributed by atoms with E-state index in [2.05, 4.69) is 30.7 Å². The summed E-state index contributed by atoms with van der Waals surface area (Å²) in [5.41, 5.74) is 7.53. The first-order valence-corrected chi connectivity index (χ1v) is 9.22. The summed E-state index contributed by atoms with van der Waals surface area (Å²) < 4.78 is 5.95. The lowest BCUT2D eigenvalue weighted by Gasteiger charge is -2.26. The first-order valence-electron chi connectivity index (χ1n) is 7.42. The van der Waals surface area contributed by atoms with Gasteiger partial charge >= 0.3 is 0 Å². The number of anilines is 1. The number of aromatic nitrogens is 2. The lowest BCUT2D eigenvalue weighted by molar-refractivity contribution is 0.00203. The molecule has 2 N–H and O–H groups in total. The molecule has 0 radical (unpaired) electrons. The Morgan fingerprint density at radius 3 is 2.95 bits per heavy atom. The van der Waals surface area contributed by atoms with E-state index in [-0.39, 0.29) is 6.10 Å². The predicted molar refractivity (Wildman–Crippen MR) is 90.0 cm³/mol. The Morgan fingerprint density at radius 1 is 1.43 bits per heavy atom. The fourth-order valence-corrected chi connectivity index (χ4v) is 4.47. The van der Waals surface area contributed by atoms with Crippen molar-refractivity contribution >= 4 is 39.1 Å². The lowest BCUT2D eigenvalue weighted by atomic mass is 9.96. The minimum absolute atomic E-state index is 0.267. The highest BCUT2D eigenvalue weighted by atomic mass is 32.2. The number of nitrogens with two attached hydrogens (primary N) is 1. The summed E-state index contributed by atoms with van der Waals surface area (Å²) in [7, 11) is 0. The van der Waals surface area contributed by atoms with Gasteiger partial charge in [-0.2, -0.15) is 0 Å². The van der Waals surface area contributed by atoms with Crippen molar-refractivity contribution in [3.8, 4) is 0 Å². The first-order chi connectivity index (χ1) is 10.1. The number of ether oxygens (including phenoxy) is 1. The second-order valence-electron chi connectivity index (χ2n) is 5.72. The van der Waals surface area contributed by atoms with Crippen LogP contribution >= 0.6 is 23.1 Å². The van der Waals surface area contributed by atoms with Gasteiger partial charge in [0.2, 0.25) is 0 Å². The van der Waals surface area contributed by atoms with Crippen molar-refractivity contribution in [2.24, 2.45) is 5.92 Å². The second-order valence-corrected chi connectivity index (χ2v) is 7.87. The maximum Gasteiger partial charge on any atom is 0.190 e. The SMILES string of the molecule is CCCSc1nc(N)c2c3c(sc2n1)CO[C@H](C(C)C)C3. The highest BCUT2D eigenvalue weighted by Crippen LogP contribution is 2.39. The summed E-state index contributed by atoms with van der Waals surface area (Å²) in [6, 6.07) is 0. The van der Waals surface area contributed by atoms with Crippen LogP contribution in [0.4, 0.5) is 5.82 Å². The number of fused-ring (bicyclic) bond motifs is 3. The summed E-state index contributed by atoms with van der Waals surface area (Å²) in [5.74, 6) is 2.16. The van der Waals surface area contributed by atoms with Gasteiger partial charge in [0.05, 0.1) is 18.1 Å². The molecule has 3 rings (SSSR count). The van der Waals surface area contributed by atoms with Crippen LogP contribution in [0.1, 0.15) is 37.6 Å². The number of nitrogens with zero attached hydrogens (tertiary/aromatic N) is 2. The van der Waals surface area contributed by atoms with Crippen LogP contribution in [0.25, 0.3) is 10.2 Å². The zero-order valence-electron chi connectivity index (χ0n) is 12.7. The average molecular weight is 323 g/mol. The number of hydrogen-bond donors (Lipinski definition) is 1. The molecule has 0 unspecified atom stereocenters. The Labute approximate surface area is 133 Å². The maximum absolute atomic E-state index is 6.22. The molecule has 1 atom stereocenters. The molecule has 0 saturated heterocycles. The van der Waals surface area contributed by atoms with Crippen LogP contribution in [0.3, 0.4) is 0 Å². The molecule has 0 fully saturated rings. The predicted octanol–water partition coefficient (Wildman–Crippen LogP) is 3.87. The summed E-state index contributed by atoms with van der Waals surface area (Å²) >= 11 is 3.38. The zero-order chi connectivity index (χ0) is 15.0. The largest absolute Gasteiger partial charge is 0.383 e. The van der Waals surface area contributed by atoms with Gasteiger partial charge in [0.15, 0.2) is 5.16 Å². The average Bonchev–Trinajstić information content (AvgIpc) is 2.82. The Morgan fingerprint density at radius 2 is 2.24 bits per heavy atom. The fourth-order valence-electron chi connectivity index (χ4n) is 2.57. The Balaban J connectivity index is 2.01. The zero-order valence-corrected chi connectivity index (χ0v) is 14.3. The molecule has 0 amide bonds. The molecule has 3 heterocycles. The van der Waals surface area contributed by atoms with E-state index < -0.39 is 0 Å². The second kappa shape index (κ2) is 6.10. The van der Waals surface area contributed by atoms with Crippen LogP contribution < -0.4 is 5.73 Å². The molecule has 0 spiro atoms. The Bertz CT molecular complexity index is 654. The highest BCUT2D eigenvalue weighted by molar-refractivity contribution is 7.99. The van der Waals surface area contributed by atoms with Gasteiger partial charge in [0.1, 0.15) is 10.6 Å². The highest BCUT2D eigenvalue weighted by Gasteiger charge is 2.27. The van der Waals surface area contributed by atoms with Crippen molar-refractivity contribution in [3.63, 3.8) is 0 Å². The molecule has 2 aromatic heterocycles. The first kappa shape index (κ1) is 15.1. The van der Waals surface area contributed by atoms with E-state index in [9.17, 15) is 0 Å². The van der Waals surface area contributed by atoms with E-state index >= 15 is 0 Å². The van der Waals surface area contributed by atoms with Gasteiger partial charge in [-0.05, 0) is 17.9 Å². The third kappa shape index (κ3) is 2.89. The topological polar surface area (TPSA) is 61.0 Å². The summed E-state index contributed by atoms with van der Waals surface area (Å²) in [6.07, 6.45) is 2.29. The lowest BCUT2D eigenvalue weighted by Crippen LogP contribution is -2.26. The van der Waals surface area contributed by atoms with Crippen molar-refractivity contribution in [1.29, 1.82) is 0 Å². The van der Waals surface area contributed by atoms with Crippen molar-refractivity contribution in [2.75, 3.05) is 11.5 Å². The van der Waals surface area contributed by atoms with Gasteiger partial charge in [0.25, 0.3) is 0 Å². The molecule has 0 aromatic carbocycles. The van der Waals surface area contributed by atoms with Crippen LogP contribution in [-0.2, 0) is 17.8 Å². The van der Waals surface area contributed by atoms with Crippen molar-refractivity contribution in [2.45, 2.75) is 51.5 Å². The molecule has 1 aliphatic heterocycles. The number of nitrogen functional groups attached to an aromatic ring is 1. The van der Waals surface area contributed by atoms with E-state index in [1.807, 2.05) is 0 Å². The van der Waals surface area contributed by atoms with Gasteiger partial charge in [-0.15, -0.1) is 11.3 Å². The quantitative estimate of drug-likeness (QED) is 0.683. The number of thioether (sulfide) groups is 1. The molecule has 0 saturated carbocycles. The van der Waals surface area contributed by atoms with Crippen LogP contribution in [-0.4, -0.2) is 21.8 Å². The van der Waals surface area contributed by atoms with E-state index in [0.717, 1.165) is 34.0 Å². The van der Waals surface area contributed by atoms with Gasteiger partial charge in [0, 0.05) is 17.1 Å². The van der Waals surface area contributed by atoms with Crippen molar-refractivity contribution in [1.82, 2.24) is 9.97 Å². The third-order valence-electron chi connectivity index (χ3n) is 3.75. The minimum atomic E-state index is 0.267. The smallest absolute Gasteiger partial charge is 0.190 e. The Hall–Kier alpha value is -0.850. The monoisotopic (exact) mass is 323 g/mol. The molecule has 0 bridgehead atoms. The van der Waals surface area contributed by atoms with Gasteiger partial charge in [-0.1, -0.05) is 32.5 Å². The van der Waals surface area contributed by atoms with Gasteiger partial charge in [-0.25, -0.2) is 9.97 Å². The standard InChI is InChI=1S/C15H21N3OS2/c1-4-5-20-15-17-13(16)12-9-6-10(8(2)3)19-7-11(9)21-14(12)18-15/h8,10H,4-7H2,1-3H3,(H2,16,17,18)/t10-/m0/s1. The molecular weight excluding hydrogens is 302 g/mol. The maximum atomic E-state index is 6.22. The van der Waals surface area contributed by atoms with Gasteiger partial charge < -0.3 is 10.5 Å².